The van der Waals surface area contributed by atoms with Crippen molar-refractivity contribution in [3.8, 4) is 0 Å². The second kappa shape index (κ2) is 7.59. The first-order valence-electron chi connectivity index (χ1n) is 9.91. The molecular formula is C22H26N2O3S. The van der Waals surface area contributed by atoms with E-state index in [1.165, 1.54) is 25.7 Å². The van der Waals surface area contributed by atoms with E-state index in [2.05, 4.69) is 17.0 Å². The summed E-state index contributed by atoms with van der Waals surface area (Å²) >= 11 is 0. The highest BCUT2D eigenvalue weighted by atomic mass is 32.2. The zero-order valence-electron chi connectivity index (χ0n) is 16.0. The minimum Gasteiger partial charge on any atom is -0.349 e. The van der Waals surface area contributed by atoms with Gasteiger partial charge in [-0.25, -0.2) is 8.42 Å². The molecule has 2 aromatic rings. The van der Waals surface area contributed by atoms with Crippen LogP contribution in [0.1, 0.15) is 43.0 Å². The largest absolute Gasteiger partial charge is 0.349 e. The third kappa shape index (κ3) is 3.92. The number of nitrogens with one attached hydrogen (secondary N) is 2. The fourth-order valence-electron chi connectivity index (χ4n) is 4.81. The fourth-order valence-corrected chi connectivity index (χ4v) is 5.89. The Labute approximate surface area is 166 Å². The van der Waals surface area contributed by atoms with Crippen LogP contribution in [-0.2, 0) is 10.0 Å². The number of fused-ring (bicyclic) bond motifs is 2. The Bertz CT molecular complexity index is 942. The van der Waals surface area contributed by atoms with Crippen molar-refractivity contribution >= 4 is 21.6 Å². The molecule has 0 saturated heterocycles. The third-order valence-electron chi connectivity index (χ3n) is 6.25. The lowest BCUT2D eigenvalue weighted by molar-refractivity contribution is 0.0915. The van der Waals surface area contributed by atoms with Gasteiger partial charge >= 0.3 is 0 Å². The van der Waals surface area contributed by atoms with Gasteiger partial charge in [-0.1, -0.05) is 24.6 Å². The van der Waals surface area contributed by atoms with Crippen LogP contribution in [-0.4, -0.2) is 20.4 Å². The predicted octanol–water partition coefficient (Wildman–Crippen LogP) is 4.04. The predicted molar refractivity (Wildman–Crippen MR) is 110 cm³/mol. The molecular weight excluding hydrogens is 372 g/mol. The molecule has 4 rings (SSSR count). The molecule has 2 aliphatic carbocycles. The zero-order chi connectivity index (χ0) is 19.7. The van der Waals surface area contributed by atoms with Gasteiger partial charge in [-0.15, -0.1) is 0 Å². The van der Waals surface area contributed by atoms with Gasteiger partial charge in [0.25, 0.3) is 15.9 Å². The van der Waals surface area contributed by atoms with Crippen molar-refractivity contribution in [1.29, 1.82) is 0 Å². The molecule has 2 aliphatic rings. The molecule has 0 aromatic heterocycles. The van der Waals surface area contributed by atoms with Crippen LogP contribution in [0, 0.1) is 17.8 Å². The van der Waals surface area contributed by atoms with Gasteiger partial charge in [0.05, 0.1) is 4.90 Å². The van der Waals surface area contributed by atoms with E-state index in [4.69, 9.17) is 0 Å². The van der Waals surface area contributed by atoms with Crippen molar-refractivity contribution in [1.82, 2.24) is 5.32 Å². The molecule has 0 radical (unpaired) electrons. The Morgan fingerprint density at radius 2 is 1.71 bits per heavy atom. The smallest absolute Gasteiger partial charge is 0.261 e. The van der Waals surface area contributed by atoms with Crippen molar-refractivity contribution in [2.24, 2.45) is 17.8 Å². The van der Waals surface area contributed by atoms with Crippen LogP contribution in [0.25, 0.3) is 0 Å². The lowest BCUT2D eigenvalue weighted by Crippen LogP contribution is -2.40. The normalized spacial score (nSPS) is 24.7. The summed E-state index contributed by atoms with van der Waals surface area (Å²) in [5, 5.41) is 3.14. The fraction of sp³-hybridized carbons (Fsp3) is 0.409. The van der Waals surface area contributed by atoms with Crippen LogP contribution in [0.3, 0.4) is 0 Å². The summed E-state index contributed by atoms with van der Waals surface area (Å²) < 4.78 is 27.3. The Kier molecular flexibility index (Phi) is 5.15. The highest BCUT2D eigenvalue weighted by Gasteiger charge is 2.42. The van der Waals surface area contributed by atoms with E-state index < -0.39 is 10.0 Å². The van der Waals surface area contributed by atoms with Gasteiger partial charge in [0.2, 0.25) is 0 Å². The maximum Gasteiger partial charge on any atom is 0.261 e. The van der Waals surface area contributed by atoms with Gasteiger partial charge in [0.1, 0.15) is 0 Å². The minimum absolute atomic E-state index is 0.104. The van der Waals surface area contributed by atoms with Gasteiger partial charge in [-0.2, -0.15) is 0 Å². The average Bonchev–Trinajstić information content (AvgIpc) is 3.32. The molecule has 2 saturated carbocycles. The summed E-state index contributed by atoms with van der Waals surface area (Å²) in [6.07, 6.45) is 5.20. The molecule has 0 aliphatic heterocycles. The van der Waals surface area contributed by atoms with E-state index in [9.17, 15) is 13.2 Å². The first-order valence-corrected chi connectivity index (χ1v) is 11.4. The number of amides is 1. The van der Waals surface area contributed by atoms with Crippen molar-refractivity contribution in [2.75, 3.05) is 4.72 Å². The van der Waals surface area contributed by atoms with Crippen LogP contribution in [0.5, 0.6) is 0 Å². The van der Waals surface area contributed by atoms with E-state index in [-0.39, 0.29) is 16.8 Å². The lowest BCUT2D eigenvalue weighted by atomic mass is 9.84. The summed E-state index contributed by atoms with van der Waals surface area (Å²) in [6.45, 7) is 2.10. The molecule has 1 amide bonds. The van der Waals surface area contributed by atoms with E-state index >= 15 is 0 Å². The summed E-state index contributed by atoms with van der Waals surface area (Å²) in [5.74, 6) is 2.09. The molecule has 0 spiro atoms. The van der Waals surface area contributed by atoms with Gasteiger partial charge < -0.3 is 5.32 Å². The summed E-state index contributed by atoms with van der Waals surface area (Å²) in [7, 11) is -3.63. The Balaban J connectivity index is 1.38. The summed E-state index contributed by atoms with van der Waals surface area (Å²) in [5.41, 5.74) is 0.971. The van der Waals surface area contributed by atoms with Crippen molar-refractivity contribution < 1.29 is 13.2 Å². The highest BCUT2D eigenvalue weighted by molar-refractivity contribution is 7.92. The van der Waals surface area contributed by atoms with Crippen LogP contribution >= 0.6 is 0 Å². The molecule has 6 heteroatoms. The molecule has 28 heavy (non-hydrogen) atoms. The van der Waals surface area contributed by atoms with E-state index in [0.717, 1.165) is 11.8 Å². The number of carbonyl (C=O) groups is 1. The molecule has 4 unspecified atom stereocenters. The van der Waals surface area contributed by atoms with Crippen LogP contribution in [0.15, 0.2) is 59.5 Å². The van der Waals surface area contributed by atoms with Crippen LogP contribution < -0.4 is 10.0 Å². The maximum absolute atomic E-state index is 12.6. The monoisotopic (exact) mass is 398 g/mol. The van der Waals surface area contributed by atoms with Crippen molar-refractivity contribution in [3.63, 3.8) is 0 Å². The average molecular weight is 399 g/mol. The van der Waals surface area contributed by atoms with Gasteiger partial charge in [0, 0.05) is 17.3 Å². The van der Waals surface area contributed by atoms with Gasteiger partial charge in [-0.05, 0) is 80.3 Å². The van der Waals surface area contributed by atoms with Crippen LogP contribution in [0.4, 0.5) is 5.69 Å². The zero-order valence-corrected chi connectivity index (χ0v) is 16.8. The molecule has 148 valence electrons. The number of benzene rings is 2. The maximum atomic E-state index is 12.6. The first kappa shape index (κ1) is 19.0. The molecule has 0 heterocycles. The minimum atomic E-state index is -3.63. The van der Waals surface area contributed by atoms with E-state index in [1.807, 2.05) is 0 Å². The Hall–Kier alpha value is -2.34. The number of anilines is 1. The van der Waals surface area contributed by atoms with Gasteiger partial charge in [0.15, 0.2) is 0 Å². The standard InChI is InChI=1S/C22H26N2O3S/c1-15(21-14-16-7-8-18(21)13-16)23-22(25)17-9-11-19(12-10-17)24-28(26,27)20-5-3-2-4-6-20/h2-6,9-12,15-16,18,21,24H,7-8,13-14H2,1H3,(H,23,25). The molecule has 2 N–H and O–H groups in total. The first-order chi connectivity index (χ1) is 13.4. The quantitative estimate of drug-likeness (QED) is 0.771. The van der Waals surface area contributed by atoms with Gasteiger partial charge in [-0.3, -0.25) is 9.52 Å². The lowest BCUT2D eigenvalue weighted by Gasteiger charge is -2.28. The molecule has 2 aromatic carbocycles. The number of carbonyl (C=O) groups excluding carboxylic acids is 1. The second-order valence-electron chi connectivity index (χ2n) is 8.10. The van der Waals surface area contributed by atoms with Crippen molar-refractivity contribution in [2.45, 2.75) is 43.5 Å². The highest BCUT2D eigenvalue weighted by Crippen LogP contribution is 2.49. The molecule has 4 atom stereocenters. The number of rotatable bonds is 6. The Morgan fingerprint density at radius 1 is 1.00 bits per heavy atom. The number of hydrogen-bond donors (Lipinski definition) is 2. The number of hydrogen-bond acceptors (Lipinski definition) is 3. The number of sulfonamides is 1. The summed E-state index contributed by atoms with van der Waals surface area (Å²) in [6, 6.07) is 14.9. The molecule has 5 nitrogen and oxygen atoms in total. The van der Waals surface area contributed by atoms with Crippen LogP contribution in [0.2, 0.25) is 0 Å². The second-order valence-corrected chi connectivity index (χ2v) is 9.78. The SMILES string of the molecule is CC(NC(=O)c1ccc(NS(=O)(=O)c2ccccc2)cc1)C1CC2CCC1C2. The van der Waals surface area contributed by atoms with E-state index in [0.29, 0.717) is 17.2 Å². The van der Waals surface area contributed by atoms with Crippen molar-refractivity contribution in [3.05, 3.63) is 60.2 Å². The summed E-state index contributed by atoms with van der Waals surface area (Å²) in [4.78, 5) is 12.8. The topological polar surface area (TPSA) is 75.3 Å². The van der Waals surface area contributed by atoms with E-state index in [1.54, 1.807) is 54.6 Å². The molecule has 2 fully saturated rings. The molecule has 2 bridgehead atoms. The third-order valence-corrected chi connectivity index (χ3v) is 7.64. The Morgan fingerprint density at radius 3 is 2.32 bits per heavy atom.